The molecule has 6 heterocycles. The van der Waals surface area contributed by atoms with E-state index in [-0.39, 0.29) is 66.9 Å². The first-order valence-electron chi connectivity index (χ1n) is 39.3. The number of rotatable bonds is 17. The molecule has 20 heteroatoms. The van der Waals surface area contributed by atoms with Gasteiger partial charge in [0.1, 0.15) is 5.67 Å². The van der Waals surface area contributed by atoms with Crippen molar-refractivity contribution in [3.8, 4) is 30.8 Å². The fourth-order valence-corrected chi connectivity index (χ4v) is 16.2. The minimum absolute atomic E-state index is 0.000873. The molecule has 6 saturated heterocycles. The molecule has 108 heavy (non-hydrogen) atoms. The van der Waals surface area contributed by atoms with E-state index in [0.717, 1.165) is 162 Å². The lowest BCUT2D eigenvalue weighted by Gasteiger charge is -2.37. The maximum atomic E-state index is 15.7. The van der Waals surface area contributed by atoms with Gasteiger partial charge in [-0.2, -0.15) is 5.26 Å². The fourth-order valence-electron chi connectivity index (χ4n) is 16.2. The van der Waals surface area contributed by atoms with Crippen molar-refractivity contribution in [2.75, 3.05) is 94.7 Å². The van der Waals surface area contributed by atoms with E-state index in [1.165, 1.54) is 30.4 Å². The van der Waals surface area contributed by atoms with Gasteiger partial charge in [-0.25, -0.2) is 18.8 Å². The van der Waals surface area contributed by atoms with Gasteiger partial charge in [-0.1, -0.05) is 85.7 Å². The summed E-state index contributed by atoms with van der Waals surface area (Å²) in [6.45, 7) is 7.15. The van der Waals surface area contributed by atoms with Gasteiger partial charge < -0.3 is 60.8 Å². The number of halogens is 1. The van der Waals surface area contributed by atoms with Crippen molar-refractivity contribution >= 4 is 52.9 Å². The van der Waals surface area contributed by atoms with E-state index in [2.05, 4.69) is 61.9 Å². The molecule has 9 aliphatic rings. The van der Waals surface area contributed by atoms with Crippen LogP contribution in [0.15, 0.2) is 127 Å². The number of amides is 9. The van der Waals surface area contributed by atoms with Gasteiger partial charge in [0, 0.05) is 130 Å². The molecular formula is C88H101FN10O9. The first-order chi connectivity index (χ1) is 52.7. The van der Waals surface area contributed by atoms with Crippen molar-refractivity contribution < 1.29 is 47.4 Å². The second-order valence-electron chi connectivity index (χ2n) is 30.5. The molecule has 0 unspecified atom stereocenters. The Hall–Kier alpha value is -10.0. The molecule has 6 aromatic rings. The number of terminal acetylenes is 2. The Kier molecular flexibility index (Phi) is 25.6. The number of urea groups is 3. The number of carbonyl (C=O) groups is 6. The summed E-state index contributed by atoms with van der Waals surface area (Å²) >= 11 is 0. The van der Waals surface area contributed by atoms with Crippen LogP contribution in [-0.2, 0) is 19.9 Å². The predicted molar refractivity (Wildman–Crippen MR) is 416 cm³/mol. The van der Waals surface area contributed by atoms with Gasteiger partial charge >= 0.3 is 18.1 Å². The van der Waals surface area contributed by atoms with Crippen molar-refractivity contribution in [2.24, 2.45) is 0 Å². The highest BCUT2D eigenvalue weighted by atomic mass is 19.1. The number of nitrogens with zero attached hydrogens (tertiary/aromatic N) is 4. The van der Waals surface area contributed by atoms with E-state index < -0.39 is 5.67 Å². The van der Waals surface area contributed by atoms with Crippen LogP contribution < -0.4 is 31.9 Å². The number of nitriles is 1. The number of hydrogen-bond acceptors (Lipinski definition) is 10. The number of hydrogen-bond donors (Lipinski definition) is 6. The van der Waals surface area contributed by atoms with Gasteiger partial charge in [0.15, 0.2) is 0 Å². The topological polar surface area (TPSA) is 236 Å². The summed E-state index contributed by atoms with van der Waals surface area (Å²) in [5.41, 5.74) is 11.1. The van der Waals surface area contributed by atoms with Crippen LogP contribution >= 0.6 is 0 Å². The molecule has 3 atom stereocenters. The molecule has 15 rings (SSSR count). The number of piperidine rings is 3. The molecule has 0 radical (unpaired) electrons. The average Bonchev–Trinajstić information content (AvgIpc) is 0.839. The lowest BCUT2D eigenvalue weighted by molar-refractivity contribution is 0.0421. The standard InChI is InChI=1S/C30H35N3O3.C29H32FN3O3.C29H34N4O3/c1-2-21-8-10-22(11-9-21)23-14-16-33(17-15-23)29(34)25-12-13-27(24-5-3-6-24)28(19-25)32-30(35)31-20-26-7-4-18-36-26;1-2-20-6-9-23(10-7-20)29(30)13-15-33(16-14-29)27(34)22-8-11-25(21-4-3-5-21)26(18-22)32-28(35)31-24-12-17-36-19-24;30-18-20-6-8-21(9-7-20)22-12-14-33(15-13-22)28(34)24-10-11-26(23-3-1-4-23)27(17-24)32-29(35)31-19-25-5-2-16-36-25/h1,8-13,19,23-24,26H,3-7,14-18,20H2,(H2,31,32,35);1,6-11,18,21,24H,3-5,12-17,19H2,(H2,31,32,35);6-11,17,22-23,25H,1-5,12-16,19H2,(H2,31,32,35)/t26-;24-;25-/m100/s1. The largest absolute Gasteiger partial charge is 0.379 e. The molecule has 6 aromatic carbocycles. The maximum absolute atomic E-state index is 15.7. The summed E-state index contributed by atoms with van der Waals surface area (Å²) in [6, 6.07) is 41.5. The Morgan fingerprint density at radius 2 is 0.833 bits per heavy atom. The summed E-state index contributed by atoms with van der Waals surface area (Å²) < 4.78 is 32.2. The summed E-state index contributed by atoms with van der Waals surface area (Å²) in [7, 11) is 0. The first kappa shape index (κ1) is 76.2. The Morgan fingerprint density at radius 1 is 0.444 bits per heavy atom. The molecular weight excluding hydrogens is 1360 g/mol. The molecule has 0 bridgehead atoms. The highest BCUT2D eigenvalue weighted by molar-refractivity contribution is 6.00. The highest BCUT2D eigenvalue weighted by Gasteiger charge is 2.39. The summed E-state index contributed by atoms with van der Waals surface area (Å²) in [6.07, 6.45) is 30.2. The highest BCUT2D eigenvalue weighted by Crippen LogP contribution is 2.44. The molecule has 6 aliphatic heterocycles. The van der Waals surface area contributed by atoms with Gasteiger partial charge in [0.2, 0.25) is 0 Å². The molecule has 0 aromatic heterocycles. The summed E-state index contributed by atoms with van der Waals surface area (Å²) in [5, 5.41) is 26.9. The molecule has 9 fully saturated rings. The third kappa shape index (κ3) is 19.3. The Balaban J connectivity index is 0.000000143. The molecule has 0 spiro atoms. The third-order valence-electron chi connectivity index (χ3n) is 23.6. The van der Waals surface area contributed by atoms with Crippen LogP contribution in [0.3, 0.4) is 0 Å². The number of carbonyl (C=O) groups excluding carboxylic acids is 6. The smallest absolute Gasteiger partial charge is 0.319 e. The van der Waals surface area contributed by atoms with E-state index in [4.69, 9.17) is 32.3 Å². The van der Waals surface area contributed by atoms with Crippen LogP contribution in [0.5, 0.6) is 0 Å². The van der Waals surface area contributed by atoms with Crippen molar-refractivity contribution in [2.45, 2.75) is 182 Å². The second-order valence-corrected chi connectivity index (χ2v) is 30.5. The number of alkyl halides is 1. The lowest BCUT2D eigenvalue weighted by atomic mass is 9.79. The van der Waals surface area contributed by atoms with Crippen LogP contribution in [0.25, 0.3) is 0 Å². The lowest BCUT2D eigenvalue weighted by Crippen LogP contribution is -2.43. The van der Waals surface area contributed by atoms with E-state index in [1.807, 2.05) is 94.7 Å². The quantitative estimate of drug-likeness (QED) is 0.0473. The van der Waals surface area contributed by atoms with E-state index in [9.17, 15) is 28.8 Å². The van der Waals surface area contributed by atoms with Crippen LogP contribution in [0.1, 0.15) is 239 Å². The zero-order valence-electron chi connectivity index (χ0n) is 61.9. The van der Waals surface area contributed by atoms with Gasteiger partial charge in [0.25, 0.3) is 17.7 Å². The number of likely N-dealkylation sites (tertiary alicyclic amines) is 3. The minimum atomic E-state index is -1.48. The second kappa shape index (κ2) is 36.2. The monoisotopic (exact) mass is 1460 g/mol. The van der Waals surface area contributed by atoms with Gasteiger partial charge in [-0.3, -0.25) is 14.4 Å². The predicted octanol–water partition coefficient (Wildman–Crippen LogP) is 15.3. The zero-order valence-corrected chi connectivity index (χ0v) is 61.9. The van der Waals surface area contributed by atoms with Crippen LogP contribution in [-0.4, -0.2) is 148 Å². The maximum Gasteiger partial charge on any atom is 0.319 e. The van der Waals surface area contributed by atoms with Crippen molar-refractivity contribution in [1.82, 2.24) is 30.7 Å². The summed E-state index contributed by atoms with van der Waals surface area (Å²) in [4.78, 5) is 83.6. The molecule has 3 saturated carbocycles. The normalized spacial score (nSPS) is 20.7. The SMILES string of the molecule is C#Cc1ccc(C2(F)CCN(C(=O)c3ccc(C4CCC4)c(NC(=O)N[C@H]4CCOC4)c3)CC2)cc1.C#Cc1ccc(C2CCN(C(=O)c3ccc(C4CCC4)c(NC(=O)NC[C@H]4CCCO4)c3)CC2)cc1.N#Cc1ccc(C2CCN(C(=O)c3ccc(C4CCC4)c(NC(=O)NC[C@@H]4CCCO4)c3)CC2)cc1. The van der Waals surface area contributed by atoms with Gasteiger partial charge in [-0.15, -0.1) is 12.8 Å². The molecule has 6 N–H and O–H groups in total. The fraction of sp³-hybridized carbons (Fsp3) is 0.466. The Morgan fingerprint density at radius 3 is 1.19 bits per heavy atom. The Labute approximate surface area is 634 Å². The summed E-state index contributed by atoms with van der Waals surface area (Å²) in [5.74, 6) is 7.21. The van der Waals surface area contributed by atoms with Gasteiger partial charge in [0.05, 0.1) is 36.5 Å². The Bertz CT molecular complexity index is 4080. The van der Waals surface area contributed by atoms with E-state index in [1.54, 1.807) is 35.2 Å². The molecule has 564 valence electrons. The number of nitrogens with one attached hydrogen (secondary N) is 6. The first-order valence-corrected chi connectivity index (χ1v) is 39.3. The van der Waals surface area contributed by atoms with Crippen LogP contribution in [0, 0.1) is 36.0 Å². The molecule has 9 amide bonds. The van der Waals surface area contributed by atoms with Crippen molar-refractivity contribution in [3.05, 3.63) is 194 Å². The van der Waals surface area contributed by atoms with E-state index in [0.29, 0.717) is 116 Å². The zero-order chi connectivity index (χ0) is 74.9. The van der Waals surface area contributed by atoms with Crippen molar-refractivity contribution in [1.29, 1.82) is 5.26 Å². The average molecular weight is 1460 g/mol. The van der Waals surface area contributed by atoms with Crippen LogP contribution in [0.4, 0.5) is 35.8 Å². The van der Waals surface area contributed by atoms with Crippen LogP contribution in [0.2, 0.25) is 0 Å². The molecule has 3 aliphatic carbocycles. The minimum Gasteiger partial charge on any atom is -0.379 e. The third-order valence-corrected chi connectivity index (χ3v) is 23.6. The number of anilines is 3. The molecule has 19 nitrogen and oxygen atoms in total. The van der Waals surface area contributed by atoms with Crippen molar-refractivity contribution in [3.63, 3.8) is 0 Å². The van der Waals surface area contributed by atoms with E-state index >= 15 is 4.39 Å². The number of ether oxygens (including phenoxy) is 3. The van der Waals surface area contributed by atoms with Gasteiger partial charge in [-0.05, 0) is 232 Å². The number of benzene rings is 6.